The van der Waals surface area contributed by atoms with Gasteiger partial charge in [-0.1, -0.05) is 6.07 Å². The lowest BCUT2D eigenvalue weighted by Gasteiger charge is -2.22. The average molecular weight is 336 g/mol. The van der Waals surface area contributed by atoms with Crippen molar-refractivity contribution < 1.29 is 4.74 Å². The van der Waals surface area contributed by atoms with Crippen LogP contribution in [0.15, 0.2) is 34.9 Å². The zero-order valence-electron chi connectivity index (χ0n) is 11.8. The predicted molar refractivity (Wildman–Crippen MR) is 83.6 cm³/mol. The Hall–Kier alpha value is -1.43. The Morgan fingerprint density at radius 1 is 1.35 bits per heavy atom. The summed E-state index contributed by atoms with van der Waals surface area (Å²) in [6, 6.07) is 7.70. The minimum Gasteiger partial charge on any atom is -0.496 e. The highest BCUT2D eigenvalue weighted by atomic mass is 79.9. The predicted octanol–water partition coefficient (Wildman–Crippen LogP) is 3.02. The molecule has 3 N–H and O–H groups in total. The number of nitrogens with one attached hydrogen (secondary N) is 1. The standard InChI is InChI=1S/C15H18BrN3O/c1-9-7-10(2)13(12(8-9)20-3)15(19-17)14-11(16)5-4-6-18-14/h4-8,15,19H,17H2,1-3H3. The van der Waals surface area contributed by atoms with E-state index < -0.39 is 0 Å². The Kier molecular flexibility index (Phi) is 4.75. The number of benzene rings is 1. The van der Waals surface area contributed by atoms with Gasteiger partial charge in [0.15, 0.2) is 0 Å². The number of ether oxygens (including phenoxy) is 1. The summed E-state index contributed by atoms with van der Waals surface area (Å²) < 4.78 is 6.42. The molecule has 0 spiro atoms. The highest BCUT2D eigenvalue weighted by Crippen LogP contribution is 2.35. The molecule has 0 aliphatic heterocycles. The normalized spacial score (nSPS) is 12.2. The quantitative estimate of drug-likeness (QED) is 0.666. The molecular formula is C15H18BrN3O. The second-order valence-electron chi connectivity index (χ2n) is 4.67. The van der Waals surface area contributed by atoms with Gasteiger partial charge in [0.25, 0.3) is 0 Å². The van der Waals surface area contributed by atoms with Crippen molar-refractivity contribution in [2.75, 3.05) is 7.11 Å². The average Bonchev–Trinajstić information content (AvgIpc) is 2.43. The fraction of sp³-hybridized carbons (Fsp3) is 0.267. The van der Waals surface area contributed by atoms with Crippen LogP contribution >= 0.6 is 15.9 Å². The SMILES string of the molecule is COc1cc(C)cc(C)c1C(NN)c1ncccc1Br. The van der Waals surface area contributed by atoms with Crippen LogP contribution in [-0.2, 0) is 0 Å². The van der Waals surface area contributed by atoms with Crippen LogP contribution in [0.4, 0.5) is 0 Å². The maximum absolute atomic E-state index is 5.77. The molecule has 1 aromatic heterocycles. The van der Waals surface area contributed by atoms with Gasteiger partial charge in [-0.25, -0.2) is 5.43 Å². The fourth-order valence-electron chi connectivity index (χ4n) is 2.39. The molecule has 2 rings (SSSR count). The van der Waals surface area contributed by atoms with Gasteiger partial charge in [-0.15, -0.1) is 0 Å². The van der Waals surface area contributed by atoms with Crippen molar-refractivity contribution in [3.63, 3.8) is 0 Å². The number of rotatable bonds is 4. The van der Waals surface area contributed by atoms with Crippen LogP contribution in [0.3, 0.4) is 0 Å². The smallest absolute Gasteiger partial charge is 0.124 e. The molecular weight excluding hydrogens is 318 g/mol. The summed E-state index contributed by atoms with van der Waals surface area (Å²) in [6.45, 7) is 4.09. The number of aromatic nitrogens is 1. The van der Waals surface area contributed by atoms with Crippen molar-refractivity contribution in [1.82, 2.24) is 10.4 Å². The third-order valence-electron chi connectivity index (χ3n) is 3.23. The van der Waals surface area contributed by atoms with Crippen molar-refractivity contribution in [3.8, 4) is 5.75 Å². The molecule has 106 valence electrons. The molecule has 0 aliphatic carbocycles. The van der Waals surface area contributed by atoms with Crippen LogP contribution in [0.5, 0.6) is 5.75 Å². The third kappa shape index (κ3) is 2.85. The molecule has 0 radical (unpaired) electrons. The summed E-state index contributed by atoms with van der Waals surface area (Å²) in [5.74, 6) is 6.58. The summed E-state index contributed by atoms with van der Waals surface area (Å²) in [5, 5.41) is 0. The Labute approximate surface area is 127 Å². The Morgan fingerprint density at radius 3 is 2.70 bits per heavy atom. The minimum absolute atomic E-state index is 0.235. The first-order valence-electron chi connectivity index (χ1n) is 6.30. The van der Waals surface area contributed by atoms with Gasteiger partial charge in [-0.05, 0) is 59.1 Å². The number of pyridine rings is 1. The molecule has 1 unspecified atom stereocenters. The van der Waals surface area contributed by atoms with Crippen LogP contribution in [0, 0.1) is 13.8 Å². The van der Waals surface area contributed by atoms with Crippen LogP contribution in [0.2, 0.25) is 0 Å². The van der Waals surface area contributed by atoms with E-state index in [0.717, 1.165) is 32.6 Å². The van der Waals surface area contributed by atoms with Crippen LogP contribution in [-0.4, -0.2) is 12.1 Å². The molecule has 2 aromatic rings. The Bertz CT molecular complexity index is 616. The monoisotopic (exact) mass is 335 g/mol. The number of methoxy groups -OCH3 is 1. The number of hydrazine groups is 1. The Balaban J connectivity index is 2.61. The molecule has 0 bridgehead atoms. The van der Waals surface area contributed by atoms with E-state index in [2.05, 4.69) is 32.4 Å². The molecule has 4 nitrogen and oxygen atoms in total. The maximum Gasteiger partial charge on any atom is 0.124 e. The van der Waals surface area contributed by atoms with E-state index in [-0.39, 0.29) is 6.04 Å². The lowest BCUT2D eigenvalue weighted by molar-refractivity contribution is 0.402. The van der Waals surface area contributed by atoms with Crippen molar-refractivity contribution in [3.05, 3.63) is 57.3 Å². The molecule has 1 aromatic carbocycles. The van der Waals surface area contributed by atoms with Crippen LogP contribution in [0.25, 0.3) is 0 Å². The largest absolute Gasteiger partial charge is 0.496 e. The summed E-state index contributed by atoms with van der Waals surface area (Å²) in [4.78, 5) is 4.42. The molecule has 0 fully saturated rings. The lowest BCUT2D eigenvalue weighted by atomic mass is 9.96. The maximum atomic E-state index is 5.77. The molecule has 0 saturated heterocycles. The first-order chi connectivity index (χ1) is 9.58. The number of nitrogens with two attached hydrogens (primary N) is 1. The lowest BCUT2D eigenvalue weighted by Crippen LogP contribution is -2.30. The zero-order valence-corrected chi connectivity index (χ0v) is 13.4. The minimum atomic E-state index is -0.235. The molecule has 0 amide bonds. The van der Waals surface area contributed by atoms with Gasteiger partial charge in [-0.3, -0.25) is 10.8 Å². The topological polar surface area (TPSA) is 60.2 Å². The summed E-state index contributed by atoms with van der Waals surface area (Å²) >= 11 is 3.52. The summed E-state index contributed by atoms with van der Waals surface area (Å²) in [6.07, 6.45) is 1.75. The Morgan fingerprint density at radius 2 is 2.10 bits per heavy atom. The highest BCUT2D eigenvalue weighted by molar-refractivity contribution is 9.10. The summed E-state index contributed by atoms with van der Waals surface area (Å²) in [5.41, 5.74) is 6.94. The second-order valence-corrected chi connectivity index (χ2v) is 5.52. The van der Waals surface area contributed by atoms with Gasteiger partial charge < -0.3 is 4.74 Å². The third-order valence-corrected chi connectivity index (χ3v) is 3.90. The van der Waals surface area contributed by atoms with Gasteiger partial charge in [0, 0.05) is 16.2 Å². The van der Waals surface area contributed by atoms with Gasteiger partial charge in [0.1, 0.15) is 5.75 Å². The van der Waals surface area contributed by atoms with Crippen LogP contribution in [0.1, 0.15) is 28.4 Å². The number of hydrogen-bond acceptors (Lipinski definition) is 4. The van der Waals surface area contributed by atoms with E-state index in [1.54, 1.807) is 13.3 Å². The van der Waals surface area contributed by atoms with E-state index >= 15 is 0 Å². The molecule has 1 heterocycles. The van der Waals surface area contributed by atoms with E-state index in [1.165, 1.54) is 0 Å². The van der Waals surface area contributed by atoms with Gasteiger partial charge in [0.05, 0.1) is 18.8 Å². The van der Waals surface area contributed by atoms with E-state index in [1.807, 2.05) is 32.0 Å². The van der Waals surface area contributed by atoms with Crippen molar-refractivity contribution in [1.29, 1.82) is 0 Å². The molecule has 0 aliphatic rings. The van der Waals surface area contributed by atoms with Gasteiger partial charge in [0.2, 0.25) is 0 Å². The first-order valence-corrected chi connectivity index (χ1v) is 7.09. The van der Waals surface area contributed by atoms with E-state index in [4.69, 9.17) is 10.6 Å². The van der Waals surface area contributed by atoms with E-state index in [0.29, 0.717) is 0 Å². The molecule has 1 atom stereocenters. The van der Waals surface area contributed by atoms with Crippen molar-refractivity contribution >= 4 is 15.9 Å². The number of halogens is 1. The molecule has 20 heavy (non-hydrogen) atoms. The van der Waals surface area contributed by atoms with Crippen molar-refractivity contribution in [2.24, 2.45) is 5.84 Å². The van der Waals surface area contributed by atoms with E-state index in [9.17, 15) is 0 Å². The fourth-order valence-corrected chi connectivity index (χ4v) is 2.87. The first kappa shape index (κ1) is 15.0. The second kappa shape index (κ2) is 6.35. The van der Waals surface area contributed by atoms with Gasteiger partial charge in [-0.2, -0.15) is 0 Å². The molecule has 5 heteroatoms. The van der Waals surface area contributed by atoms with Crippen LogP contribution < -0.4 is 16.0 Å². The highest BCUT2D eigenvalue weighted by Gasteiger charge is 2.22. The number of hydrogen-bond donors (Lipinski definition) is 2. The number of aryl methyl sites for hydroxylation is 2. The summed E-state index contributed by atoms with van der Waals surface area (Å²) in [7, 11) is 1.67. The van der Waals surface area contributed by atoms with Gasteiger partial charge >= 0.3 is 0 Å². The molecule has 0 saturated carbocycles. The van der Waals surface area contributed by atoms with Crippen molar-refractivity contribution in [2.45, 2.75) is 19.9 Å². The number of nitrogens with zero attached hydrogens (tertiary/aromatic N) is 1. The zero-order chi connectivity index (χ0) is 14.7.